The fourth-order valence-corrected chi connectivity index (χ4v) is 2.67. The number of likely N-dealkylation sites (tertiary alicyclic amines) is 1. The second-order valence-electron chi connectivity index (χ2n) is 5.01. The van der Waals surface area contributed by atoms with Gasteiger partial charge in [0.25, 0.3) is 0 Å². The van der Waals surface area contributed by atoms with Crippen LogP contribution in [-0.2, 0) is 6.54 Å². The summed E-state index contributed by atoms with van der Waals surface area (Å²) < 4.78 is 1.95. The smallest absolute Gasteiger partial charge is 0.0734 e. The molecular formula is C15H19N3. The molecule has 2 aromatic rings. The number of rotatable bonds is 3. The molecule has 0 spiro atoms. The minimum Gasteiger partial charge on any atom is -0.299 e. The van der Waals surface area contributed by atoms with Crippen LogP contribution in [0.15, 0.2) is 31.1 Å². The van der Waals surface area contributed by atoms with E-state index in [1.807, 2.05) is 16.8 Å². The van der Waals surface area contributed by atoms with E-state index in [-0.39, 0.29) is 0 Å². The van der Waals surface area contributed by atoms with E-state index in [1.165, 1.54) is 37.9 Å². The van der Waals surface area contributed by atoms with Crippen LogP contribution >= 0.6 is 0 Å². The molecule has 3 heteroatoms. The first-order chi connectivity index (χ1) is 8.86. The molecular weight excluding hydrogens is 222 g/mol. The summed E-state index contributed by atoms with van der Waals surface area (Å²) in [7, 11) is 0. The Morgan fingerprint density at radius 2 is 2.06 bits per heavy atom. The highest BCUT2D eigenvalue weighted by Crippen LogP contribution is 2.16. The zero-order chi connectivity index (χ0) is 12.4. The third-order valence-corrected chi connectivity index (χ3v) is 3.68. The molecule has 0 unspecified atom stereocenters. The maximum Gasteiger partial charge on any atom is 0.0734 e. The van der Waals surface area contributed by atoms with Gasteiger partial charge in [0.05, 0.1) is 11.7 Å². The highest BCUT2D eigenvalue weighted by Gasteiger charge is 2.11. The van der Waals surface area contributed by atoms with Crippen molar-refractivity contribution in [2.24, 2.45) is 0 Å². The van der Waals surface area contributed by atoms with Crippen molar-refractivity contribution in [1.82, 2.24) is 14.5 Å². The molecule has 1 fully saturated rings. The molecule has 1 aliphatic rings. The van der Waals surface area contributed by atoms with Gasteiger partial charge in [-0.15, -0.1) is 0 Å². The molecule has 0 aliphatic carbocycles. The van der Waals surface area contributed by atoms with Gasteiger partial charge in [-0.05, 0) is 37.6 Å². The summed E-state index contributed by atoms with van der Waals surface area (Å²) in [5, 5.41) is 4.37. The summed E-state index contributed by atoms with van der Waals surface area (Å²) in [6, 6.07) is 4.35. The number of hydrogen-bond acceptors (Lipinski definition) is 2. The van der Waals surface area contributed by atoms with E-state index in [4.69, 9.17) is 0 Å². The number of fused-ring (bicyclic) bond motifs is 1. The molecule has 0 bridgehead atoms. The quantitative estimate of drug-likeness (QED) is 0.823. The van der Waals surface area contributed by atoms with Gasteiger partial charge in [0.1, 0.15) is 0 Å². The Balaban J connectivity index is 1.82. The predicted octanol–water partition coefficient (Wildman–Crippen LogP) is 2.96. The predicted molar refractivity (Wildman–Crippen MR) is 74.4 cm³/mol. The summed E-state index contributed by atoms with van der Waals surface area (Å²) in [6.07, 6.45) is 9.92. The van der Waals surface area contributed by atoms with Gasteiger partial charge >= 0.3 is 0 Å². The van der Waals surface area contributed by atoms with Crippen molar-refractivity contribution in [2.75, 3.05) is 13.1 Å². The van der Waals surface area contributed by atoms with Crippen molar-refractivity contribution in [3.05, 3.63) is 42.2 Å². The largest absolute Gasteiger partial charge is 0.299 e. The standard InChI is InChI=1S/C15H19N3/c1-2-14-10-16-18-12-13(6-7-15(14)18)11-17-8-4-3-5-9-17/h2,6-7,10,12H,1,3-5,8-9,11H2. The molecule has 0 amide bonds. The topological polar surface area (TPSA) is 20.5 Å². The van der Waals surface area contributed by atoms with Gasteiger partial charge in [0, 0.05) is 18.3 Å². The van der Waals surface area contributed by atoms with Crippen molar-refractivity contribution >= 4 is 11.6 Å². The van der Waals surface area contributed by atoms with Crippen LogP contribution in [0.4, 0.5) is 0 Å². The molecule has 3 nitrogen and oxygen atoms in total. The van der Waals surface area contributed by atoms with Crippen molar-refractivity contribution in [1.29, 1.82) is 0 Å². The zero-order valence-corrected chi connectivity index (χ0v) is 10.7. The lowest BCUT2D eigenvalue weighted by molar-refractivity contribution is 0.220. The van der Waals surface area contributed by atoms with E-state index in [2.05, 4.69) is 34.9 Å². The molecule has 0 aromatic carbocycles. The summed E-state index contributed by atoms with van der Waals surface area (Å²) >= 11 is 0. The van der Waals surface area contributed by atoms with Crippen molar-refractivity contribution in [3.63, 3.8) is 0 Å². The van der Waals surface area contributed by atoms with E-state index < -0.39 is 0 Å². The molecule has 18 heavy (non-hydrogen) atoms. The van der Waals surface area contributed by atoms with E-state index in [0.29, 0.717) is 0 Å². The monoisotopic (exact) mass is 241 g/mol. The van der Waals surface area contributed by atoms with Gasteiger partial charge in [0.15, 0.2) is 0 Å². The molecule has 0 atom stereocenters. The van der Waals surface area contributed by atoms with Crippen LogP contribution in [0.3, 0.4) is 0 Å². The third kappa shape index (κ3) is 2.18. The summed E-state index contributed by atoms with van der Waals surface area (Å²) in [6.45, 7) is 7.31. The van der Waals surface area contributed by atoms with Gasteiger partial charge in [-0.2, -0.15) is 5.10 Å². The summed E-state index contributed by atoms with van der Waals surface area (Å²) in [4.78, 5) is 2.53. The first kappa shape index (κ1) is 11.5. The van der Waals surface area contributed by atoms with Crippen LogP contribution in [0.1, 0.15) is 30.4 Å². The molecule has 0 N–H and O–H groups in total. The molecule has 3 heterocycles. The number of piperidine rings is 1. The van der Waals surface area contributed by atoms with Gasteiger partial charge in [-0.1, -0.05) is 25.1 Å². The summed E-state index contributed by atoms with van der Waals surface area (Å²) in [5.41, 5.74) is 3.56. The van der Waals surface area contributed by atoms with Gasteiger partial charge in [-0.3, -0.25) is 4.90 Å². The Morgan fingerprint density at radius 3 is 2.83 bits per heavy atom. The lowest BCUT2D eigenvalue weighted by Crippen LogP contribution is -2.29. The van der Waals surface area contributed by atoms with Crippen LogP contribution in [0.2, 0.25) is 0 Å². The number of aromatic nitrogens is 2. The maximum absolute atomic E-state index is 4.37. The third-order valence-electron chi connectivity index (χ3n) is 3.68. The van der Waals surface area contributed by atoms with Crippen molar-refractivity contribution in [3.8, 4) is 0 Å². The maximum atomic E-state index is 4.37. The van der Waals surface area contributed by atoms with Crippen molar-refractivity contribution in [2.45, 2.75) is 25.8 Å². The minimum atomic E-state index is 1.04. The fraction of sp³-hybridized carbons (Fsp3) is 0.400. The Labute approximate surface area is 108 Å². The Hall–Kier alpha value is -1.61. The summed E-state index contributed by atoms with van der Waals surface area (Å²) in [5.74, 6) is 0. The van der Waals surface area contributed by atoms with Crippen LogP contribution in [0.5, 0.6) is 0 Å². The van der Waals surface area contributed by atoms with Gasteiger partial charge < -0.3 is 0 Å². The van der Waals surface area contributed by atoms with E-state index in [0.717, 1.165) is 17.6 Å². The number of nitrogens with zero attached hydrogens (tertiary/aromatic N) is 3. The van der Waals surface area contributed by atoms with Crippen molar-refractivity contribution < 1.29 is 0 Å². The molecule has 2 aromatic heterocycles. The molecule has 94 valence electrons. The second-order valence-corrected chi connectivity index (χ2v) is 5.01. The molecule has 0 saturated carbocycles. The highest BCUT2D eigenvalue weighted by molar-refractivity contribution is 5.67. The average molecular weight is 241 g/mol. The van der Waals surface area contributed by atoms with Gasteiger partial charge in [0.2, 0.25) is 0 Å². The Kier molecular flexibility index (Phi) is 3.15. The Morgan fingerprint density at radius 1 is 1.22 bits per heavy atom. The van der Waals surface area contributed by atoms with Crippen LogP contribution in [-0.4, -0.2) is 27.6 Å². The average Bonchev–Trinajstić information content (AvgIpc) is 2.82. The van der Waals surface area contributed by atoms with E-state index in [9.17, 15) is 0 Å². The molecule has 1 aliphatic heterocycles. The SMILES string of the molecule is C=Cc1cnn2cc(CN3CCCCC3)ccc12. The normalized spacial score (nSPS) is 17.1. The lowest BCUT2D eigenvalue weighted by atomic mass is 10.1. The first-order valence-electron chi connectivity index (χ1n) is 6.68. The number of pyridine rings is 1. The Bertz CT molecular complexity index is 550. The lowest BCUT2D eigenvalue weighted by Gasteiger charge is -2.26. The first-order valence-corrected chi connectivity index (χ1v) is 6.68. The van der Waals surface area contributed by atoms with Crippen LogP contribution in [0.25, 0.3) is 11.6 Å². The molecule has 0 radical (unpaired) electrons. The van der Waals surface area contributed by atoms with Crippen LogP contribution < -0.4 is 0 Å². The molecule has 1 saturated heterocycles. The fourth-order valence-electron chi connectivity index (χ4n) is 2.67. The zero-order valence-electron chi connectivity index (χ0n) is 10.7. The van der Waals surface area contributed by atoms with E-state index in [1.54, 1.807) is 0 Å². The van der Waals surface area contributed by atoms with Crippen LogP contribution in [0, 0.1) is 0 Å². The second kappa shape index (κ2) is 4.94. The minimum absolute atomic E-state index is 1.04. The molecule has 3 rings (SSSR count). The van der Waals surface area contributed by atoms with Gasteiger partial charge in [-0.25, -0.2) is 4.52 Å². The number of hydrogen-bond donors (Lipinski definition) is 0. The van der Waals surface area contributed by atoms with E-state index >= 15 is 0 Å². The highest BCUT2D eigenvalue weighted by atomic mass is 15.2.